The second-order valence-electron chi connectivity index (χ2n) is 3.82. The van der Waals surface area contributed by atoms with Gasteiger partial charge in [-0.15, -0.1) is 11.3 Å². The van der Waals surface area contributed by atoms with Gasteiger partial charge in [-0.25, -0.2) is 5.43 Å². The van der Waals surface area contributed by atoms with Gasteiger partial charge in [-0.3, -0.25) is 4.79 Å². The van der Waals surface area contributed by atoms with Gasteiger partial charge in [0.2, 0.25) is 5.91 Å². The maximum Gasteiger partial charge on any atom is 0.245 e. The summed E-state index contributed by atoms with van der Waals surface area (Å²) in [5.41, 5.74) is 2.45. The quantitative estimate of drug-likeness (QED) is 0.651. The monoisotopic (exact) mass is 254 g/mol. The van der Waals surface area contributed by atoms with Crippen molar-refractivity contribution in [2.75, 3.05) is 13.2 Å². The lowest BCUT2D eigenvalue weighted by molar-refractivity contribution is -0.159. The molecule has 5 nitrogen and oxygen atoms in total. The van der Waals surface area contributed by atoms with E-state index in [0.29, 0.717) is 13.2 Å². The maximum atomic E-state index is 11.6. The van der Waals surface area contributed by atoms with Crippen LogP contribution in [0.15, 0.2) is 22.6 Å². The van der Waals surface area contributed by atoms with Gasteiger partial charge in [0.05, 0.1) is 25.8 Å². The summed E-state index contributed by atoms with van der Waals surface area (Å²) in [7, 11) is 0. The van der Waals surface area contributed by atoms with E-state index in [1.807, 2.05) is 17.5 Å². The van der Waals surface area contributed by atoms with E-state index in [2.05, 4.69) is 10.5 Å². The minimum absolute atomic E-state index is 0.148. The van der Waals surface area contributed by atoms with Crippen LogP contribution in [0.1, 0.15) is 18.2 Å². The Morgan fingerprint density at radius 3 is 3.06 bits per heavy atom. The summed E-state index contributed by atoms with van der Waals surface area (Å²) in [5, 5.41) is 5.81. The number of hydrogen-bond donors (Lipinski definition) is 1. The summed E-state index contributed by atoms with van der Waals surface area (Å²) in [6, 6.07) is 3.85. The number of thiophene rings is 1. The summed E-state index contributed by atoms with van der Waals surface area (Å²) in [4.78, 5) is 12.5. The molecule has 0 spiro atoms. The van der Waals surface area contributed by atoms with Crippen LogP contribution in [0.4, 0.5) is 0 Å². The number of hydrogen-bond acceptors (Lipinski definition) is 5. The maximum absolute atomic E-state index is 11.6. The summed E-state index contributed by atoms with van der Waals surface area (Å²) in [6.45, 7) is 2.81. The molecule has 1 saturated heterocycles. The molecule has 2 heterocycles. The van der Waals surface area contributed by atoms with E-state index in [-0.39, 0.29) is 12.3 Å². The topological polar surface area (TPSA) is 59.9 Å². The second kappa shape index (κ2) is 5.39. The zero-order chi connectivity index (χ0) is 12.1. The number of amides is 1. The molecule has 0 aromatic carbocycles. The third kappa shape index (κ3) is 3.62. The van der Waals surface area contributed by atoms with Crippen LogP contribution >= 0.6 is 11.3 Å². The first-order valence-corrected chi connectivity index (χ1v) is 6.19. The molecule has 1 aromatic rings. The number of ether oxygens (including phenoxy) is 2. The Hall–Kier alpha value is -1.24. The molecule has 92 valence electrons. The molecule has 1 aliphatic heterocycles. The molecule has 0 unspecified atom stereocenters. The van der Waals surface area contributed by atoms with Crippen molar-refractivity contribution in [1.29, 1.82) is 0 Å². The van der Waals surface area contributed by atoms with Crippen LogP contribution in [0.25, 0.3) is 0 Å². The summed E-state index contributed by atoms with van der Waals surface area (Å²) >= 11 is 1.56. The van der Waals surface area contributed by atoms with Gasteiger partial charge in [-0.1, -0.05) is 6.07 Å². The van der Waals surface area contributed by atoms with Crippen LogP contribution in [0.2, 0.25) is 0 Å². The Labute approximate surface area is 103 Å². The average molecular weight is 254 g/mol. The molecule has 1 aliphatic rings. The first kappa shape index (κ1) is 12.2. The van der Waals surface area contributed by atoms with Crippen LogP contribution in [0.3, 0.4) is 0 Å². The highest BCUT2D eigenvalue weighted by Crippen LogP contribution is 2.22. The van der Waals surface area contributed by atoms with Crippen molar-refractivity contribution in [3.8, 4) is 0 Å². The highest BCUT2D eigenvalue weighted by molar-refractivity contribution is 7.11. The predicted octanol–water partition coefficient (Wildman–Crippen LogP) is 1.35. The summed E-state index contributed by atoms with van der Waals surface area (Å²) in [6.07, 6.45) is 1.76. The fourth-order valence-corrected chi connectivity index (χ4v) is 2.11. The zero-order valence-electron chi connectivity index (χ0n) is 9.51. The first-order chi connectivity index (χ1) is 8.18. The SMILES string of the molecule is CC1(CC(=O)NN=Cc2cccs2)OCCO1. The Morgan fingerprint density at radius 2 is 2.41 bits per heavy atom. The van der Waals surface area contributed by atoms with Crippen LogP contribution in [0.5, 0.6) is 0 Å². The molecule has 0 saturated carbocycles. The number of carbonyl (C=O) groups is 1. The van der Waals surface area contributed by atoms with Crippen molar-refractivity contribution >= 4 is 23.5 Å². The highest BCUT2D eigenvalue weighted by atomic mass is 32.1. The Morgan fingerprint density at radius 1 is 1.65 bits per heavy atom. The van der Waals surface area contributed by atoms with E-state index >= 15 is 0 Å². The Kier molecular flexibility index (Phi) is 3.88. The van der Waals surface area contributed by atoms with E-state index in [1.54, 1.807) is 24.5 Å². The van der Waals surface area contributed by atoms with Gasteiger partial charge < -0.3 is 9.47 Å². The van der Waals surface area contributed by atoms with Crippen LogP contribution in [0, 0.1) is 0 Å². The third-order valence-corrected chi connectivity index (χ3v) is 3.11. The minimum atomic E-state index is -0.803. The molecular formula is C11H14N2O3S. The van der Waals surface area contributed by atoms with Crippen molar-refractivity contribution in [3.05, 3.63) is 22.4 Å². The van der Waals surface area contributed by atoms with E-state index < -0.39 is 5.79 Å². The Bertz CT molecular complexity index is 397. The molecule has 1 aromatic heterocycles. The number of nitrogens with zero attached hydrogens (tertiary/aromatic N) is 1. The number of hydrazone groups is 1. The van der Waals surface area contributed by atoms with Gasteiger partial charge in [0, 0.05) is 4.88 Å². The van der Waals surface area contributed by atoms with E-state index in [9.17, 15) is 4.79 Å². The fourth-order valence-electron chi connectivity index (χ4n) is 1.52. The van der Waals surface area contributed by atoms with E-state index in [0.717, 1.165) is 4.88 Å². The van der Waals surface area contributed by atoms with Crippen molar-refractivity contribution in [3.63, 3.8) is 0 Å². The molecule has 1 amide bonds. The first-order valence-electron chi connectivity index (χ1n) is 5.31. The van der Waals surface area contributed by atoms with Crippen LogP contribution in [-0.4, -0.2) is 31.1 Å². The Balaban J connectivity index is 1.78. The van der Waals surface area contributed by atoms with E-state index in [4.69, 9.17) is 9.47 Å². The van der Waals surface area contributed by atoms with Crippen LogP contribution in [-0.2, 0) is 14.3 Å². The smallest absolute Gasteiger partial charge is 0.245 e. The zero-order valence-corrected chi connectivity index (χ0v) is 10.3. The predicted molar refractivity (Wildman–Crippen MR) is 65.0 cm³/mol. The standard InChI is InChI=1S/C11H14N2O3S/c1-11(15-4-5-16-11)7-10(14)13-12-8-9-3-2-6-17-9/h2-3,6,8H,4-5,7H2,1H3,(H,13,14). The minimum Gasteiger partial charge on any atom is -0.347 e. The molecule has 6 heteroatoms. The number of carbonyl (C=O) groups excluding carboxylic acids is 1. The largest absolute Gasteiger partial charge is 0.347 e. The molecule has 0 radical (unpaired) electrons. The normalized spacial score (nSPS) is 18.6. The molecule has 0 atom stereocenters. The van der Waals surface area contributed by atoms with E-state index in [1.165, 1.54) is 0 Å². The van der Waals surface area contributed by atoms with Gasteiger partial charge in [-0.2, -0.15) is 5.10 Å². The molecule has 17 heavy (non-hydrogen) atoms. The fraction of sp³-hybridized carbons (Fsp3) is 0.455. The number of nitrogens with one attached hydrogen (secondary N) is 1. The van der Waals surface area contributed by atoms with Crippen molar-refractivity contribution < 1.29 is 14.3 Å². The van der Waals surface area contributed by atoms with Gasteiger partial charge in [0.25, 0.3) is 0 Å². The lowest BCUT2D eigenvalue weighted by atomic mass is 10.2. The summed E-state index contributed by atoms with van der Waals surface area (Å²) < 4.78 is 10.7. The van der Waals surface area contributed by atoms with Gasteiger partial charge in [-0.05, 0) is 18.4 Å². The molecular weight excluding hydrogens is 240 g/mol. The third-order valence-electron chi connectivity index (χ3n) is 2.30. The summed E-state index contributed by atoms with van der Waals surface area (Å²) in [5.74, 6) is -1.02. The second-order valence-corrected chi connectivity index (χ2v) is 4.80. The van der Waals surface area contributed by atoms with Crippen LogP contribution < -0.4 is 5.43 Å². The molecule has 1 N–H and O–H groups in total. The van der Waals surface area contributed by atoms with Crippen molar-refractivity contribution in [2.45, 2.75) is 19.1 Å². The lowest BCUT2D eigenvalue weighted by Gasteiger charge is -2.20. The number of rotatable bonds is 4. The lowest BCUT2D eigenvalue weighted by Crippen LogP contribution is -2.33. The molecule has 1 fully saturated rings. The molecule has 0 aliphatic carbocycles. The van der Waals surface area contributed by atoms with Crippen molar-refractivity contribution in [2.24, 2.45) is 5.10 Å². The molecule has 2 rings (SSSR count). The van der Waals surface area contributed by atoms with Gasteiger partial charge in [0.1, 0.15) is 0 Å². The molecule has 0 bridgehead atoms. The van der Waals surface area contributed by atoms with Gasteiger partial charge in [0.15, 0.2) is 5.79 Å². The highest BCUT2D eigenvalue weighted by Gasteiger charge is 2.33. The average Bonchev–Trinajstić information content (AvgIpc) is 2.90. The van der Waals surface area contributed by atoms with Gasteiger partial charge >= 0.3 is 0 Å². The van der Waals surface area contributed by atoms with Crippen molar-refractivity contribution in [1.82, 2.24) is 5.43 Å².